The van der Waals surface area contributed by atoms with E-state index in [-0.39, 0.29) is 11.4 Å². The van der Waals surface area contributed by atoms with Gasteiger partial charge in [0.25, 0.3) is 0 Å². The standard InChI is InChI=1S/C11H21NO3S/c1-11(2,3)15-10(14)12-6-7-4-8(13)9(16)5-7/h7-9,13,16H,4-6H2,1-3H3,(H,12,14)/t7-,8+,9+/m0/s1. The van der Waals surface area contributed by atoms with E-state index in [0.717, 1.165) is 6.42 Å². The molecule has 1 aliphatic carbocycles. The number of ether oxygens (including phenoxy) is 1. The largest absolute Gasteiger partial charge is 0.444 e. The molecular formula is C11H21NO3S. The summed E-state index contributed by atoms with van der Waals surface area (Å²) in [5.41, 5.74) is -0.467. The topological polar surface area (TPSA) is 58.6 Å². The lowest BCUT2D eigenvalue weighted by atomic mass is 10.1. The monoisotopic (exact) mass is 247 g/mol. The molecule has 0 bridgehead atoms. The third-order valence-electron chi connectivity index (χ3n) is 2.53. The fourth-order valence-electron chi connectivity index (χ4n) is 1.80. The first-order valence-electron chi connectivity index (χ1n) is 5.61. The van der Waals surface area contributed by atoms with Crippen LogP contribution in [0.15, 0.2) is 0 Å². The smallest absolute Gasteiger partial charge is 0.407 e. The van der Waals surface area contributed by atoms with E-state index in [4.69, 9.17) is 4.74 Å². The number of thiol groups is 1. The van der Waals surface area contributed by atoms with E-state index in [1.165, 1.54) is 0 Å². The molecule has 16 heavy (non-hydrogen) atoms. The minimum atomic E-state index is -0.467. The van der Waals surface area contributed by atoms with Crippen molar-refractivity contribution < 1.29 is 14.6 Å². The molecule has 1 amide bonds. The van der Waals surface area contributed by atoms with Gasteiger partial charge >= 0.3 is 6.09 Å². The Morgan fingerprint density at radius 1 is 1.50 bits per heavy atom. The molecule has 0 unspecified atom stereocenters. The molecule has 0 aromatic rings. The summed E-state index contributed by atoms with van der Waals surface area (Å²) in [4.78, 5) is 11.4. The molecule has 0 aromatic carbocycles. The normalized spacial score (nSPS) is 30.2. The van der Waals surface area contributed by atoms with E-state index in [1.54, 1.807) is 0 Å². The van der Waals surface area contributed by atoms with Gasteiger partial charge in [-0.3, -0.25) is 0 Å². The lowest BCUT2D eigenvalue weighted by Gasteiger charge is -2.20. The van der Waals surface area contributed by atoms with Gasteiger partial charge in [0.2, 0.25) is 0 Å². The molecule has 0 radical (unpaired) electrons. The van der Waals surface area contributed by atoms with E-state index in [2.05, 4.69) is 17.9 Å². The summed E-state index contributed by atoms with van der Waals surface area (Å²) in [5, 5.41) is 12.2. The fourth-order valence-corrected chi connectivity index (χ4v) is 2.22. The van der Waals surface area contributed by atoms with Gasteiger partial charge in [0, 0.05) is 11.8 Å². The van der Waals surface area contributed by atoms with Gasteiger partial charge in [0.15, 0.2) is 0 Å². The Morgan fingerprint density at radius 3 is 2.56 bits per heavy atom. The SMILES string of the molecule is CC(C)(C)OC(=O)NC[C@H]1C[C@@H](O)[C@H](S)C1. The van der Waals surface area contributed by atoms with E-state index in [0.29, 0.717) is 18.9 Å². The number of nitrogens with one attached hydrogen (secondary N) is 1. The second kappa shape index (κ2) is 5.27. The minimum absolute atomic E-state index is 0.0328. The van der Waals surface area contributed by atoms with Crippen LogP contribution in [0.1, 0.15) is 33.6 Å². The maximum Gasteiger partial charge on any atom is 0.407 e. The van der Waals surface area contributed by atoms with E-state index in [1.807, 2.05) is 20.8 Å². The summed E-state index contributed by atoms with van der Waals surface area (Å²) < 4.78 is 5.12. The number of carbonyl (C=O) groups is 1. The number of alkyl carbamates (subject to hydrolysis) is 1. The number of carbonyl (C=O) groups excluding carboxylic acids is 1. The molecule has 1 fully saturated rings. The summed E-state index contributed by atoms with van der Waals surface area (Å²) in [6, 6.07) is 0. The van der Waals surface area contributed by atoms with Gasteiger partial charge in [-0.2, -0.15) is 12.6 Å². The predicted octanol–water partition coefficient (Wildman–Crippen LogP) is 1.58. The molecule has 1 saturated carbocycles. The molecule has 0 aromatic heterocycles. The molecular weight excluding hydrogens is 226 g/mol. The Balaban J connectivity index is 2.23. The van der Waals surface area contributed by atoms with Crippen molar-refractivity contribution in [2.75, 3.05) is 6.54 Å². The van der Waals surface area contributed by atoms with Gasteiger partial charge in [0.05, 0.1) is 6.10 Å². The number of rotatable bonds is 2. The van der Waals surface area contributed by atoms with Gasteiger partial charge in [-0.1, -0.05) is 0 Å². The highest BCUT2D eigenvalue weighted by molar-refractivity contribution is 7.81. The number of aliphatic hydroxyl groups excluding tert-OH is 1. The molecule has 1 aliphatic rings. The zero-order valence-corrected chi connectivity index (χ0v) is 11.0. The molecule has 0 heterocycles. The highest BCUT2D eigenvalue weighted by Crippen LogP contribution is 2.29. The molecule has 3 atom stereocenters. The van der Waals surface area contributed by atoms with E-state index >= 15 is 0 Å². The third-order valence-corrected chi connectivity index (χ3v) is 3.08. The summed E-state index contributed by atoms with van der Waals surface area (Å²) in [7, 11) is 0. The van der Waals surface area contributed by atoms with Crippen LogP contribution in [0.3, 0.4) is 0 Å². The molecule has 0 spiro atoms. The minimum Gasteiger partial charge on any atom is -0.444 e. The Bertz CT molecular complexity index is 242. The van der Waals surface area contributed by atoms with Crippen LogP contribution in [0.25, 0.3) is 0 Å². The Kier molecular flexibility index (Phi) is 4.50. The quantitative estimate of drug-likeness (QED) is 0.649. The van der Waals surface area contributed by atoms with Crippen molar-refractivity contribution in [2.24, 2.45) is 5.92 Å². The van der Waals surface area contributed by atoms with Gasteiger partial charge in [-0.05, 0) is 39.5 Å². The predicted molar refractivity (Wildman–Crippen MR) is 65.7 cm³/mol. The molecule has 0 saturated heterocycles. The molecule has 1 rings (SSSR count). The van der Waals surface area contributed by atoms with Crippen LogP contribution in [0.2, 0.25) is 0 Å². The Labute approximate surface area is 102 Å². The van der Waals surface area contributed by atoms with Crippen molar-refractivity contribution in [2.45, 2.75) is 50.6 Å². The zero-order valence-electron chi connectivity index (χ0n) is 10.1. The fraction of sp³-hybridized carbons (Fsp3) is 0.909. The summed E-state index contributed by atoms with van der Waals surface area (Å²) in [6.45, 7) is 6.03. The summed E-state index contributed by atoms with van der Waals surface area (Å²) in [5.74, 6) is 0.296. The van der Waals surface area contributed by atoms with E-state index in [9.17, 15) is 9.90 Å². The molecule has 4 nitrogen and oxygen atoms in total. The maximum atomic E-state index is 11.4. The van der Waals surface area contributed by atoms with Crippen LogP contribution in [-0.2, 0) is 4.74 Å². The highest BCUT2D eigenvalue weighted by Gasteiger charge is 2.30. The van der Waals surface area contributed by atoms with Gasteiger partial charge in [-0.15, -0.1) is 0 Å². The molecule has 2 N–H and O–H groups in total. The van der Waals surface area contributed by atoms with Crippen molar-refractivity contribution >= 4 is 18.7 Å². The number of amides is 1. The summed E-state index contributed by atoms with van der Waals surface area (Å²) >= 11 is 4.27. The first-order valence-corrected chi connectivity index (χ1v) is 6.12. The first kappa shape index (κ1) is 13.6. The van der Waals surface area contributed by atoms with Crippen LogP contribution in [-0.4, -0.2) is 34.7 Å². The van der Waals surface area contributed by atoms with Gasteiger partial charge in [-0.25, -0.2) is 4.79 Å². The van der Waals surface area contributed by atoms with Crippen LogP contribution >= 0.6 is 12.6 Å². The van der Waals surface area contributed by atoms with Crippen molar-refractivity contribution in [3.63, 3.8) is 0 Å². The lowest BCUT2D eigenvalue weighted by Crippen LogP contribution is -2.35. The first-order chi connectivity index (χ1) is 7.28. The van der Waals surface area contributed by atoms with Crippen LogP contribution in [0.5, 0.6) is 0 Å². The van der Waals surface area contributed by atoms with Gasteiger partial charge < -0.3 is 15.2 Å². The van der Waals surface area contributed by atoms with Crippen molar-refractivity contribution in [1.29, 1.82) is 0 Å². The Morgan fingerprint density at radius 2 is 2.12 bits per heavy atom. The van der Waals surface area contributed by atoms with Crippen LogP contribution < -0.4 is 5.32 Å². The molecule has 0 aliphatic heterocycles. The van der Waals surface area contributed by atoms with Crippen LogP contribution in [0.4, 0.5) is 4.79 Å². The zero-order chi connectivity index (χ0) is 12.3. The average Bonchev–Trinajstić information content (AvgIpc) is 2.40. The average molecular weight is 247 g/mol. The molecule has 5 heteroatoms. The summed E-state index contributed by atoms with van der Waals surface area (Å²) in [6.07, 6.45) is 0.780. The number of hydrogen-bond acceptors (Lipinski definition) is 4. The second-order valence-corrected chi connectivity index (χ2v) is 6.02. The van der Waals surface area contributed by atoms with Crippen molar-refractivity contribution in [3.8, 4) is 0 Å². The highest BCUT2D eigenvalue weighted by atomic mass is 32.1. The van der Waals surface area contributed by atoms with Crippen molar-refractivity contribution in [1.82, 2.24) is 5.32 Å². The van der Waals surface area contributed by atoms with Crippen LogP contribution in [0, 0.1) is 5.92 Å². The lowest BCUT2D eigenvalue weighted by molar-refractivity contribution is 0.0517. The number of aliphatic hydroxyl groups is 1. The maximum absolute atomic E-state index is 11.4. The van der Waals surface area contributed by atoms with E-state index < -0.39 is 11.7 Å². The Hall–Kier alpha value is -0.420. The van der Waals surface area contributed by atoms with Gasteiger partial charge in [0.1, 0.15) is 5.60 Å². The molecule has 94 valence electrons. The second-order valence-electron chi connectivity index (χ2n) is 5.35. The third kappa shape index (κ3) is 4.61. The van der Waals surface area contributed by atoms with Crippen molar-refractivity contribution in [3.05, 3.63) is 0 Å². The number of hydrogen-bond donors (Lipinski definition) is 3.